The van der Waals surface area contributed by atoms with Crippen molar-refractivity contribution in [3.63, 3.8) is 0 Å². The SMILES string of the molecule is CNC(=O)NC(=O)CCN1CCN(Cc2ccc(-c3cccc(F)c3)s2)CC1. The second-order valence-corrected chi connectivity index (χ2v) is 7.94. The molecular weight excluding hydrogens is 379 g/mol. The maximum absolute atomic E-state index is 13.4. The van der Waals surface area contributed by atoms with Gasteiger partial charge < -0.3 is 10.2 Å². The summed E-state index contributed by atoms with van der Waals surface area (Å²) in [5, 5.41) is 4.65. The third-order valence-electron chi connectivity index (χ3n) is 4.75. The minimum absolute atomic E-state index is 0.215. The highest BCUT2D eigenvalue weighted by Crippen LogP contribution is 2.29. The molecule has 0 radical (unpaired) electrons. The highest BCUT2D eigenvalue weighted by molar-refractivity contribution is 7.15. The molecule has 1 aromatic carbocycles. The number of nitrogens with zero attached hydrogens (tertiary/aromatic N) is 2. The number of hydrogen-bond donors (Lipinski definition) is 2. The molecule has 0 spiro atoms. The first-order valence-electron chi connectivity index (χ1n) is 9.34. The van der Waals surface area contributed by atoms with Crippen molar-refractivity contribution < 1.29 is 14.0 Å². The van der Waals surface area contributed by atoms with Crippen LogP contribution in [0.3, 0.4) is 0 Å². The zero-order chi connectivity index (χ0) is 19.9. The van der Waals surface area contributed by atoms with E-state index in [1.54, 1.807) is 23.5 Å². The summed E-state index contributed by atoms with van der Waals surface area (Å²) in [6.45, 7) is 5.20. The minimum Gasteiger partial charge on any atom is -0.341 e. The van der Waals surface area contributed by atoms with Gasteiger partial charge in [0.2, 0.25) is 5.91 Å². The van der Waals surface area contributed by atoms with Gasteiger partial charge >= 0.3 is 6.03 Å². The lowest BCUT2D eigenvalue weighted by Crippen LogP contribution is -2.47. The summed E-state index contributed by atoms with van der Waals surface area (Å²) in [4.78, 5) is 29.8. The van der Waals surface area contributed by atoms with Gasteiger partial charge in [0.05, 0.1) is 0 Å². The van der Waals surface area contributed by atoms with E-state index in [1.807, 2.05) is 6.07 Å². The van der Waals surface area contributed by atoms with E-state index in [1.165, 1.54) is 18.0 Å². The Balaban J connectivity index is 1.42. The smallest absolute Gasteiger partial charge is 0.321 e. The molecule has 3 rings (SSSR count). The van der Waals surface area contributed by atoms with E-state index in [9.17, 15) is 14.0 Å². The maximum Gasteiger partial charge on any atom is 0.321 e. The molecule has 150 valence electrons. The van der Waals surface area contributed by atoms with Gasteiger partial charge in [0.25, 0.3) is 0 Å². The molecule has 1 aliphatic heterocycles. The number of piperazine rings is 1. The Bertz CT molecular complexity index is 818. The first kappa shape index (κ1) is 20.4. The van der Waals surface area contributed by atoms with Gasteiger partial charge in [0.15, 0.2) is 0 Å². The molecule has 2 heterocycles. The number of urea groups is 1. The molecule has 0 saturated carbocycles. The topological polar surface area (TPSA) is 64.7 Å². The Hall–Kier alpha value is -2.29. The van der Waals surface area contributed by atoms with Crippen LogP contribution in [0.2, 0.25) is 0 Å². The van der Waals surface area contributed by atoms with Gasteiger partial charge in [0.1, 0.15) is 5.82 Å². The molecule has 1 saturated heterocycles. The van der Waals surface area contributed by atoms with Crippen LogP contribution in [0.15, 0.2) is 36.4 Å². The molecule has 2 aromatic rings. The Labute approximate surface area is 168 Å². The number of rotatable bonds is 6. The van der Waals surface area contributed by atoms with Gasteiger partial charge in [-0.2, -0.15) is 0 Å². The summed E-state index contributed by atoms with van der Waals surface area (Å²) >= 11 is 1.70. The number of benzene rings is 1. The summed E-state index contributed by atoms with van der Waals surface area (Å²) in [7, 11) is 1.48. The van der Waals surface area contributed by atoms with Gasteiger partial charge in [-0.25, -0.2) is 9.18 Å². The average molecular weight is 405 g/mol. The molecule has 28 heavy (non-hydrogen) atoms. The van der Waals surface area contributed by atoms with Crippen LogP contribution in [0.4, 0.5) is 9.18 Å². The first-order valence-corrected chi connectivity index (χ1v) is 10.2. The van der Waals surface area contributed by atoms with Crippen LogP contribution in [0.5, 0.6) is 0 Å². The molecule has 0 bridgehead atoms. The van der Waals surface area contributed by atoms with Gasteiger partial charge in [-0.15, -0.1) is 11.3 Å². The zero-order valence-corrected chi connectivity index (χ0v) is 16.7. The van der Waals surface area contributed by atoms with E-state index in [2.05, 4.69) is 32.6 Å². The Morgan fingerprint density at radius 3 is 2.57 bits per heavy atom. The van der Waals surface area contributed by atoms with Crippen molar-refractivity contribution in [1.82, 2.24) is 20.4 Å². The third-order valence-corrected chi connectivity index (χ3v) is 5.87. The lowest BCUT2D eigenvalue weighted by molar-refractivity contribution is -0.120. The number of carbonyl (C=O) groups is 2. The summed E-state index contributed by atoms with van der Waals surface area (Å²) in [6, 6.07) is 10.4. The summed E-state index contributed by atoms with van der Waals surface area (Å²) < 4.78 is 13.4. The van der Waals surface area contributed by atoms with Crippen molar-refractivity contribution in [3.8, 4) is 10.4 Å². The van der Waals surface area contributed by atoms with Crippen molar-refractivity contribution in [2.45, 2.75) is 13.0 Å². The number of nitrogens with one attached hydrogen (secondary N) is 2. The van der Waals surface area contributed by atoms with E-state index < -0.39 is 6.03 Å². The fourth-order valence-electron chi connectivity index (χ4n) is 3.16. The number of hydrogen-bond acceptors (Lipinski definition) is 5. The van der Waals surface area contributed by atoms with Crippen molar-refractivity contribution >= 4 is 23.3 Å². The normalized spacial score (nSPS) is 15.4. The van der Waals surface area contributed by atoms with Crippen molar-refractivity contribution in [2.24, 2.45) is 0 Å². The highest BCUT2D eigenvalue weighted by Gasteiger charge is 2.18. The number of halogens is 1. The Kier molecular flexibility index (Phi) is 7.13. The zero-order valence-electron chi connectivity index (χ0n) is 15.9. The number of thiophene rings is 1. The minimum atomic E-state index is -0.469. The maximum atomic E-state index is 13.4. The molecule has 8 heteroatoms. The van der Waals surface area contributed by atoms with Crippen molar-refractivity contribution in [3.05, 3.63) is 47.1 Å². The van der Waals surface area contributed by atoms with E-state index in [0.29, 0.717) is 13.0 Å². The van der Waals surface area contributed by atoms with Gasteiger partial charge in [-0.3, -0.25) is 15.0 Å². The van der Waals surface area contributed by atoms with E-state index >= 15 is 0 Å². The lowest BCUT2D eigenvalue weighted by Gasteiger charge is -2.34. The number of carbonyl (C=O) groups excluding carboxylic acids is 2. The molecule has 6 nitrogen and oxygen atoms in total. The van der Waals surface area contributed by atoms with Gasteiger partial charge in [0, 0.05) is 62.5 Å². The Morgan fingerprint density at radius 1 is 1.11 bits per heavy atom. The second-order valence-electron chi connectivity index (χ2n) is 6.77. The lowest BCUT2D eigenvalue weighted by atomic mass is 10.2. The molecular formula is C20H25FN4O2S. The molecule has 0 atom stereocenters. The molecule has 2 N–H and O–H groups in total. The van der Waals surface area contributed by atoms with E-state index in [-0.39, 0.29) is 11.7 Å². The van der Waals surface area contributed by atoms with Crippen molar-refractivity contribution in [2.75, 3.05) is 39.8 Å². The molecule has 1 fully saturated rings. The van der Waals surface area contributed by atoms with E-state index in [4.69, 9.17) is 0 Å². The van der Waals surface area contributed by atoms with E-state index in [0.717, 1.165) is 43.2 Å². The molecule has 1 aromatic heterocycles. The van der Waals surface area contributed by atoms with Crippen LogP contribution in [0.25, 0.3) is 10.4 Å². The van der Waals surface area contributed by atoms with Crippen LogP contribution < -0.4 is 10.6 Å². The fourth-order valence-corrected chi connectivity index (χ4v) is 4.21. The molecule has 0 unspecified atom stereocenters. The standard InChI is InChI=1S/C20H25FN4O2S/c1-22-20(27)23-19(26)7-8-24-9-11-25(12-10-24)14-17-5-6-18(28-17)15-3-2-4-16(21)13-15/h2-6,13H,7-12,14H2,1H3,(H2,22,23,26,27). The third kappa shape index (κ3) is 5.85. The van der Waals surface area contributed by atoms with Crippen LogP contribution >= 0.6 is 11.3 Å². The van der Waals surface area contributed by atoms with Gasteiger partial charge in [-0.05, 0) is 29.8 Å². The predicted molar refractivity (Wildman–Crippen MR) is 109 cm³/mol. The summed E-state index contributed by atoms with van der Waals surface area (Å²) in [6.07, 6.45) is 0.315. The summed E-state index contributed by atoms with van der Waals surface area (Å²) in [5.74, 6) is -0.474. The average Bonchev–Trinajstić information content (AvgIpc) is 3.16. The van der Waals surface area contributed by atoms with Crippen LogP contribution in [0, 0.1) is 5.82 Å². The molecule has 0 aliphatic carbocycles. The van der Waals surface area contributed by atoms with Crippen molar-refractivity contribution in [1.29, 1.82) is 0 Å². The van der Waals surface area contributed by atoms with Crippen LogP contribution in [-0.4, -0.2) is 61.5 Å². The highest BCUT2D eigenvalue weighted by atomic mass is 32.1. The Morgan fingerprint density at radius 2 is 1.86 bits per heavy atom. The second kappa shape index (κ2) is 9.77. The summed E-state index contributed by atoms with van der Waals surface area (Å²) in [5.41, 5.74) is 0.913. The quantitative estimate of drug-likeness (QED) is 0.777. The van der Waals surface area contributed by atoms with Crippen LogP contribution in [0.1, 0.15) is 11.3 Å². The van der Waals surface area contributed by atoms with Crippen LogP contribution in [-0.2, 0) is 11.3 Å². The monoisotopic (exact) mass is 404 g/mol. The molecule has 1 aliphatic rings. The first-order chi connectivity index (χ1) is 13.5. The number of imide groups is 1. The van der Waals surface area contributed by atoms with Gasteiger partial charge in [-0.1, -0.05) is 12.1 Å². The predicted octanol–water partition coefficient (Wildman–Crippen LogP) is 2.52. The molecule has 3 amide bonds. The fraction of sp³-hybridized carbons (Fsp3) is 0.400. The number of amides is 3. The largest absolute Gasteiger partial charge is 0.341 e.